The van der Waals surface area contributed by atoms with E-state index in [0.717, 1.165) is 12.1 Å². The van der Waals surface area contributed by atoms with E-state index in [-0.39, 0.29) is 11.8 Å². The number of carbonyl (C=O) groups is 1. The number of rotatable bonds is 2. The van der Waals surface area contributed by atoms with Crippen LogP contribution in [0.1, 0.15) is 20.3 Å². The van der Waals surface area contributed by atoms with Crippen LogP contribution in [0.4, 0.5) is 11.4 Å². The van der Waals surface area contributed by atoms with Gasteiger partial charge in [0.1, 0.15) is 0 Å². The molecule has 2 N–H and O–H groups in total. The van der Waals surface area contributed by atoms with Crippen molar-refractivity contribution >= 4 is 23.0 Å². The van der Waals surface area contributed by atoms with Gasteiger partial charge in [-0.25, -0.2) is 0 Å². The van der Waals surface area contributed by atoms with Gasteiger partial charge in [-0.15, -0.1) is 0 Å². The van der Waals surface area contributed by atoms with Gasteiger partial charge in [-0.3, -0.25) is 9.78 Å². The Bertz CT molecular complexity index is 455. The minimum atomic E-state index is -0.110. The van der Waals surface area contributed by atoms with Crippen molar-refractivity contribution in [1.82, 2.24) is 4.98 Å². The Labute approximate surface area is 94.0 Å². The van der Waals surface area contributed by atoms with Gasteiger partial charge in [0.2, 0.25) is 0 Å². The van der Waals surface area contributed by atoms with Gasteiger partial charge in [-0.05, 0) is 19.4 Å². The van der Waals surface area contributed by atoms with E-state index in [1.807, 2.05) is 13.8 Å². The van der Waals surface area contributed by atoms with Gasteiger partial charge in [0, 0.05) is 11.9 Å². The Morgan fingerprint density at radius 1 is 1.50 bits per heavy atom. The zero-order valence-corrected chi connectivity index (χ0v) is 9.34. The molecular formula is C11H14N4O. The van der Waals surface area contributed by atoms with Gasteiger partial charge in [0.05, 0.1) is 23.5 Å². The molecule has 1 atom stereocenters. The van der Waals surface area contributed by atoms with E-state index < -0.39 is 0 Å². The molecule has 5 heteroatoms. The fourth-order valence-electron chi connectivity index (χ4n) is 1.82. The summed E-state index contributed by atoms with van der Waals surface area (Å²) >= 11 is 0. The van der Waals surface area contributed by atoms with Crippen molar-refractivity contribution in [2.75, 3.05) is 10.7 Å². The highest BCUT2D eigenvalue weighted by Crippen LogP contribution is 2.25. The van der Waals surface area contributed by atoms with Crippen molar-refractivity contribution < 1.29 is 4.79 Å². The molecule has 1 aliphatic heterocycles. The van der Waals surface area contributed by atoms with Gasteiger partial charge < -0.3 is 5.73 Å². The summed E-state index contributed by atoms with van der Waals surface area (Å²) in [5, 5.41) is 5.62. The van der Waals surface area contributed by atoms with Crippen molar-refractivity contribution in [3.05, 3.63) is 18.5 Å². The molecular weight excluding hydrogens is 204 g/mol. The molecule has 1 amide bonds. The fourth-order valence-corrected chi connectivity index (χ4v) is 1.82. The molecule has 0 aromatic carbocycles. The smallest absolute Gasteiger partial charge is 0.256 e. The number of hydrogen-bond donors (Lipinski definition) is 1. The molecule has 1 aromatic heterocycles. The van der Waals surface area contributed by atoms with Gasteiger partial charge in [-0.2, -0.15) is 10.1 Å². The van der Waals surface area contributed by atoms with Crippen LogP contribution in [-0.2, 0) is 4.79 Å². The van der Waals surface area contributed by atoms with Crippen molar-refractivity contribution in [3.8, 4) is 0 Å². The van der Waals surface area contributed by atoms with Crippen molar-refractivity contribution in [3.63, 3.8) is 0 Å². The van der Waals surface area contributed by atoms with E-state index in [1.165, 1.54) is 11.2 Å². The van der Waals surface area contributed by atoms with Crippen LogP contribution in [0.15, 0.2) is 23.6 Å². The first-order valence-corrected chi connectivity index (χ1v) is 5.23. The van der Waals surface area contributed by atoms with E-state index >= 15 is 0 Å². The van der Waals surface area contributed by atoms with Crippen LogP contribution >= 0.6 is 0 Å². The lowest BCUT2D eigenvalue weighted by atomic mass is 10.0. The zero-order valence-electron chi connectivity index (χ0n) is 9.34. The van der Waals surface area contributed by atoms with Gasteiger partial charge in [0.15, 0.2) is 0 Å². The van der Waals surface area contributed by atoms with Gasteiger partial charge >= 0.3 is 0 Å². The molecule has 5 nitrogen and oxygen atoms in total. The summed E-state index contributed by atoms with van der Waals surface area (Å²) in [4.78, 5) is 16.0. The average molecular weight is 218 g/mol. The van der Waals surface area contributed by atoms with Crippen molar-refractivity contribution in [2.24, 2.45) is 11.0 Å². The lowest BCUT2D eigenvalue weighted by molar-refractivity contribution is -0.119. The highest BCUT2D eigenvalue weighted by molar-refractivity contribution is 6.14. The van der Waals surface area contributed by atoms with Crippen molar-refractivity contribution in [1.29, 1.82) is 0 Å². The quantitative estimate of drug-likeness (QED) is 0.815. The molecule has 0 saturated carbocycles. The lowest BCUT2D eigenvalue weighted by Crippen LogP contribution is -2.26. The summed E-state index contributed by atoms with van der Waals surface area (Å²) in [5.41, 5.74) is 7.62. The number of nitrogens with two attached hydrogens (primary N) is 1. The molecule has 0 unspecified atom stereocenters. The Kier molecular flexibility index (Phi) is 2.60. The number of carbonyl (C=O) groups excluding carboxylic acids is 1. The molecule has 16 heavy (non-hydrogen) atoms. The molecule has 0 spiro atoms. The monoisotopic (exact) mass is 218 g/mol. The fraction of sp³-hybridized carbons (Fsp3) is 0.364. The van der Waals surface area contributed by atoms with E-state index in [0.29, 0.717) is 11.4 Å². The first-order chi connectivity index (χ1) is 7.63. The average Bonchev–Trinajstić information content (AvgIpc) is 2.54. The molecule has 0 radical (unpaired) electrons. The van der Waals surface area contributed by atoms with E-state index in [2.05, 4.69) is 10.1 Å². The maximum absolute atomic E-state index is 12.0. The molecule has 2 heterocycles. The standard InChI is InChI=1S/C11H14N4O/c1-3-10-7(2)14-15(11(10)16)9-4-8(12)5-13-6-9/h4-6,10H,3,12H2,1-2H3/t10-/m0/s1. The second-order valence-electron chi connectivity index (χ2n) is 3.83. The summed E-state index contributed by atoms with van der Waals surface area (Å²) in [6, 6.07) is 1.69. The number of aromatic nitrogens is 1. The molecule has 2 rings (SSSR count). The largest absolute Gasteiger partial charge is 0.397 e. The maximum atomic E-state index is 12.0. The van der Waals surface area contributed by atoms with Crippen LogP contribution in [0.25, 0.3) is 0 Å². The van der Waals surface area contributed by atoms with E-state index in [1.54, 1.807) is 12.3 Å². The summed E-state index contributed by atoms with van der Waals surface area (Å²) in [5.74, 6) is -0.117. The number of pyridine rings is 1. The van der Waals surface area contributed by atoms with Crippen LogP contribution in [-0.4, -0.2) is 16.6 Å². The number of hydrazone groups is 1. The third-order valence-corrected chi connectivity index (χ3v) is 2.67. The lowest BCUT2D eigenvalue weighted by Gasteiger charge is -2.13. The second-order valence-corrected chi connectivity index (χ2v) is 3.83. The molecule has 1 aliphatic rings. The van der Waals surface area contributed by atoms with Crippen LogP contribution in [0.3, 0.4) is 0 Å². The first-order valence-electron chi connectivity index (χ1n) is 5.23. The highest BCUT2D eigenvalue weighted by atomic mass is 16.2. The van der Waals surface area contributed by atoms with Crippen LogP contribution in [0.2, 0.25) is 0 Å². The maximum Gasteiger partial charge on any atom is 0.256 e. The van der Waals surface area contributed by atoms with Crippen molar-refractivity contribution in [2.45, 2.75) is 20.3 Å². The number of anilines is 2. The molecule has 0 bridgehead atoms. The molecule has 0 fully saturated rings. The minimum Gasteiger partial charge on any atom is -0.397 e. The summed E-state index contributed by atoms with van der Waals surface area (Å²) in [7, 11) is 0. The first kappa shape index (κ1) is 10.6. The number of amides is 1. The predicted molar refractivity (Wildman–Crippen MR) is 63.0 cm³/mol. The number of hydrogen-bond acceptors (Lipinski definition) is 4. The zero-order chi connectivity index (χ0) is 11.7. The third-order valence-electron chi connectivity index (χ3n) is 2.67. The topological polar surface area (TPSA) is 71.6 Å². The number of nitrogens with zero attached hydrogens (tertiary/aromatic N) is 3. The minimum absolute atomic E-state index is 0.00704. The Morgan fingerprint density at radius 3 is 2.81 bits per heavy atom. The van der Waals surface area contributed by atoms with E-state index in [9.17, 15) is 4.79 Å². The number of nitrogen functional groups attached to an aromatic ring is 1. The van der Waals surface area contributed by atoms with Crippen LogP contribution in [0, 0.1) is 5.92 Å². The molecule has 1 aromatic rings. The van der Waals surface area contributed by atoms with Gasteiger partial charge in [-0.1, -0.05) is 6.92 Å². The summed E-state index contributed by atoms with van der Waals surface area (Å²) < 4.78 is 0. The van der Waals surface area contributed by atoms with Crippen LogP contribution in [0.5, 0.6) is 0 Å². The van der Waals surface area contributed by atoms with Gasteiger partial charge in [0.25, 0.3) is 5.91 Å². The molecule has 0 aliphatic carbocycles. The Balaban J connectivity index is 2.34. The third kappa shape index (κ3) is 1.64. The molecule has 84 valence electrons. The molecule has 0 saturated heterocycles. The Hall–Kier alpha value is -1.91. The Morgan fingerprint density at radius 2 is 2.25 bits per heavy atom. The normalized spacial score (nSPS) is 20.1. The summed E-state index contributed by atoms with van der Waals surface area (Å²) in [6.07, 6.45) is 3.89. The predicted octanol–water partition coefficient (Wildman–Crippen LogP) is 1.41. The van der Waals surface area contributed by atoms with E-state index in [4.69, 9.17) is 5.73 Å². The highest BCUT2D eigenvalue weighted by Gasteiger charge is 2.32. The SMILES string of the molecule is CC[C@@H]1C(=O)N(c2cncc(N)c2)N=C1C. The van der Waals surface area contributed by atoms with Crippen LogP contribution < -0.4 is 10.7 Å². The second kappa shape index (κ2) is 3.92. The summed E-state index contributed by atoms with van der Waals surface area (Å²) in [6.45, 7) is 3.84.